The molecule has 0 spiro atoms. The zero-order valence-electron chi connectivity index (χ0n) is 20.6. The Kier molecular flexibility index (Phi) is 3.82. The normalized spacial score (nSPS) is 12.2. The van der Waals surface area contributed by atoms with Crippen molar-refractivity contribution < 1.29 is 0 Å². The van der Waals surface area contributed by atoms with Crippen LogP contribution in [-0.4, -0.2) is 9.13 Å². The van der Waals surface area contributed by atoms with E-state index in [1.54, 1.807) is 0 Å². The van der Waals surface area contributed by atoms with Crippen LogP contribution in [0.15, 0.2) is 134 Å². The highest BCUT2D eigenvalue weighted by molar-refractivity contribution is 6.26. The lowest BCUT2D eigenvalue weighted by molar-refractivity contribution is 1.13. The van der Waals surface area contributed by atoms with E-state index >= 15 is 0 Å². The van der Waals surface area contributed by atoms with E-state index in [1.807, 2.05) is 0 Å². The molecule has 0 aliphatic carbocycles. The third kappa shape index (κ3) is 2.51. The molecule has 0 radical (unpaired) electrons. The molecule has 0 fully saturated rings. The first-order valence-electron chi connectivity index (χ1n) is 13.1. The van der Waals surface area contributed by atoms with E-state index in [0.29, 0.717) is 0 Å². The fourth-order valence-electron chi connectivity index (χ4n) is 6.66. The van der Waals surface area contributed by atoms with E-state index in [1.165, 1.54) is 76.4 Å². The van der Waals surface area contributed by atoms with Crippen molar-refractivity contribution in [2.24, 2.45) is 0 Å². The van der Waals surface area contributed by atoms with Gasteiger partial charge in [0, 0.05) is 33.4 Å². The standard InChI is InChI=1S/C36H22N2/c1-2-9-26(10-3-1)37-22-21-30-31(37)20-18-28-27-11-4-5-12-32(27)38(36(28)30)33-19-16-25-14-13-23-7-6-8-24-15-17-29(33)35(25)34(23)24/h1-22H. The quantitative estimate of drug-likeness (QED) is 0.217. The molecular weight excluding hydrogens is 460 g/mol. The lowest BCUT2D eigenvalue weighted by Gasteiger charge is -2.16. The zero-order chi connectivity index (χ0) is 24.8. The number of hydrogen-bond donors (Lipinski definition) is 0. The Balaban J connectivity index is 1.47. The maximum atomic E-state index is 2.49. The molecule has 176 valence electrons. The van der Waals surface area contributed by atoms with Gasteiger partial charge in [-0.2, -0.15) is 0 Å². The van der Waals surface area contributed by atoms with Gasteiger partial charge in [-0.25, -0.2) is 0 Å². The van der Waals surface area contributed by atoms with E-state index in [0.717, 1.165) is 0 Å². The van der Waals surface area contributed by atoms with Crippen molar-refractivity contribution in [3.63, 3.8) is 0 Å². The van der Waals surface area contributed by atoms with Crippen LogP contribution in [-0.2, 0) is 0 Å². The summed E-state index contributed by atoms with van der Waals surface area (Å²) in [5.41, 5.74) is 6.10. The highest BCUT2D eigenvalue weighted by atomic mass is 15.0. The molecule has 0 unspecified atom stereocenters. The molecule has 0 saturated carbocycles. The van der Waals surface area contributed by atoms with E-state index in [2.05, 4.69) is 143 Å². The first-order valence-corrected chi connectivity index (χ1v) is 13.1. The van der Waals surface area contributed by atoms with Crippen molar-refractivity contribution >= 4 is 65.0 Å². The molecule has 0 atom stereocenters. The van der Waals surface area contributed by atoms with Crippen molar-refractivity contribution in [3.8, 4) is 11.4 Å². The van der Waals surface area contributed by atoms with Gasteiger partial charge in [0.25, 0.3) is 0 Å². The molecule has 0 aliphatic rings. The highest BCUT2D eigenvalue weighted by Gasteiger charge is 2.19. The average molecular weight is 483 g/mol. The van der Waals surface area contributed by atoms with E-state index < -0.39 is 0 Å². The summed E-state index contributed by atoms with van der Waals surface area (Å²) >= 11 is 0. The molecular formula is C36H22N2. The molecule has 0 saturated heterocycles. The smallest absolute Gasteiger partial charge is 0.0635 e. The lowest BCUT2D eigenvalue weighted by atomic mass is 9.93. The molecule has 0 N–H and O–H groups in total. The number of para-hydroxylation sites is 2. The van der Waals surface area contributed by atoms with Crippen molar-refractivity contribution in [3.05, 3.63) is 134 Å². The first kappa shape index (κ1) is 20.0. The molecule has 9 aromatic rings. The van der Waals surface area contributed by atoms with Gasteiger partial charge >= 0.3 is 0 Å². The van der Waals surface area contributed by atoms with Crippen LogP contribution in [0.3, 0.4) is 0 Å². The van der Waals surface area contributed by atoms with Crippen LogP contribution in [0.1, 0.15) is 0 Å². The molecule has 2 aromatic heterocycles. The molecule has 9 rings (SSSR count). The molecule has 2 nitrogen and oxygen atoms in total. The van der Waals surface area contributed by atoms with Crippen LogP contribution in [0.4, 0.5) is 0 Å². The molecule has 2 heteroatoms. The van der Waals surface area contributed by atoms with Gasteiger partial charge in [0.15, 0.2) is 0 Å². The summed E-state index contributed by atoms with van der Waals surface area (Å²) < 4.78 is 4.79. The van der Waals surface area contributed by atoms with Gasteiger partial charge in [0.2, 0.25) is 0 Å². The Hall–Kier alpha value is -5.08. The zero-order valence-corrected chi connectivity index (χ0v) is 20.6. The molecule has 0 amide bonds. The topological polar surface area (TPSA) is 9.86 Å². The van der Waals surface area contributed by atoms with Crippen LogP contribution in [0.5, 0.6) is 0 Å². The van der Waals surface area contributed by atoms with Crippen molar-refractivity contribution in [2.45, 2.75) is 0 Å². The van der Waals surface area contributed by atoms with Crippen LogP contribution in [0.25, 0.3) is 76.4 Å². The van der Waals surface area contributed by atoms with Gasteiger partial charge in [-0.05, 0) is 63.3 Å². The number of fused-ring (bicyclic) bond motifs is 5. The Morgan fingerprint density at radius 2 is 1.11 bits per heavy atom. The van der Waals surface area contributed by atoms with Gasteiger partial charge in [0.05, 0.1) is 22.2 Å². The minimum atomic E-state index is 1.17. The van der Waals surface area contributed by atoms with Gasteiger partial charge < -0.3 is 9.13 Å². The summed E-state index contributed by atoms with van der Waals surface area (Å²) in [5.74, 6) is 0. The van der Waals surface area contributed by atoms with Crippen LogP contribution >= 0.6 is 0 Å². The monoisotopic (exact) mass is 482 g/mol. The second-order valence-corrected chi connectivity index (χ2v) is 10.2. The van der Waals surface area contributed by atoms with Crippen LogP contribution < -0.4 is 0 Å². The molecule has 0 aliphatic heterocycles. The molecule has 2 heterocycles. The molecule has 0 bridgehead atoms. The summed E-state index contributed by atoms with van der Waals surface area (Å²) in [6, 6.07) is 46.6. The Morgan fingerprint density at radius 3 is 1.97 bits per heavy atom. The summed E-state index contributed by atoms with van der Waals surface area (Å²) in [4.78, 5) is 0. The van der Waals surface area contributed by atoms with Crippen LogP contribution in [0, 0.1) is 0 Å². The maximum absolute atomic E-state index is 2.49. The third-order valence-corrected chi connectivity index (χ3v) is 8.28. The predicted molar refractivity (Wildman–Crippen MR) is 161 cm³/mol. The Morgan fingerprint density at radius 1 is 0.395 bits per heavy atom. The minimum absolute atomic E-state index is 1.17. The van der Waals surface area contributed by atoms with E-state index in [-0.39, 0.29) is 0 Å². The molecule has 38 heavy (non-hydrogen) atoms. The summed E-state index contributed by atoms with van der Waals surface area (Å²) in [6.07, 6.45) is 2.20. The number of hydrogen-bond acceptors (Lipinski definition) is 0. The van der Waals surface area contributed by atoms with Gasteiger partial charge in [-0.1, -0.05) is 91.0 Å². The van der Waals surface area contributed by atoms with Crippen molar-refractivity contribution in [2.75, 3.05) is 0 Å². The fraction of sp³-hybridized carbons (Fsp3) is 0. The van der Waals surface area contributed by atoms with E-state index in [9.17, 15) is 0 Å². The number of rotatable bonds is 2. The molecule has 7 aromatic carbocycles. The summed E-state index contributed by atoms with van der Waals surface area (Å²) in [7, 11) is 0. The van der Waals surface area contributed by atoms with Gasteiger partial charge in [-0.15, -0.1) is 0 Å². The van der Waals surface area contributed by atoms with Gasteiger partial charge in [-0.3, -0.25) is 0 Å². The number of nitrogens with zero attached hydrogens (tertiary/aromatic N) is 2. The second kappa shape index (κ2) is 7.24. The largest absolute Gasteiger partial charge is 0.316 e. The first-order chi connectivity index (χ1) is 18.9. The number of benzene rings is 7. The maximum Gasteiger partial charge on any atom is 0.0635 e. The fourth-order valence-corrected chi connectivity index (χ4v) is 6.66. The highest BCUT2D eigenvalue weighted by Crippen LogP contribution is 2.42. The second-order valence-electron chi connectivity index (χ2n) is 10.2. The Labute approximate surface area is 218 Å². The summed E-state index contributed by atoms with van der Waals surface area (Å²) in [5, 5.41) is 11.7. The van der Waals surface area contributed by atoms with Crippen LogP contribution in [0.2, 0.25) is 0 Å². The number of aromatic nitrogens is 2. The summed E-state index contributed by atoms with van der Waals surface area (Å²) in [6.45, 7) is 0. The van der Waals surface area contributed by atoms with Gasteiger partial charge in [0.1, 0.15) is 0 Å². The van der Waals surface area contributed by atoms with Crippen molar-refractivity contribution in [1.82, 2.24) is 9.13 Å². The SMILES string of the molecule is c1ccc(-n2ccc3c2ccc2c4ccccc4n(-c4ccc5ccc6cccc7ccc4c5c67)c23)cc1. The Bertz CT molecular complexity index is 2320. The average Bonchev–Trinajstić information content (AvgIpc) is 3.56. The minimum Gasteiger partial charge on any atom is -0.316 e. The lowest BCUT2D eigenvalue weighted by Crippen LogP contribution is -1.97. The predicted octanol–water partition coefficient (Wildman–Crippen LogP) is 9.62. The third-order valence-electron chi connectivity index (χ3n) is 8.28. The van der Waals surface area contributed by atoms with Crippen molar-refractivity contribution in [1.29, 1.82) is 0 Å². The van der Waals surface area contributed by atoms with E-state index in [4.69, 9.17) is 0 Å².